The summed E-state index contributed by atoms with van der Waals surface area (Å²) in [5.74, 6) is 1.98. The summed E-state index contributed by atoms with van der Waals surface area (Å²) in [4.78, 5) is 14.9. The molecule has 3 rings (SSSR count). The molecule has 1 amide bonds. The van der Waals surface area contributed by atoms with Crippen LogP contribution in [0.5, 0.6) is 11.5 Å². The summed E-state index contributed by atoms with van der Waals surface area (Å²) in [7, 11) is 3.17. The predicted molar refractivity (Wildman–Crippen MR) is 99.9 cm³/mol. The molecule has 1 aliphatic rings. The van der Waals surface area contributed by atoms with Crippen LogP contribution in [0, 0.1) is 12.8 Å². The van der Waals surface area contributed by atoms with Crippen molar-refractivity contribution >= 4 is 17.4 Å². The molecule has 1 fully saturated rings. The average molecular weight is 356 g/mol. The first-order valence-electron chi connectivity index (χ1n) is 8.68. The summed E-state index contributed by atoms with van der Waals surface area (Å²) < 4.78 is 10.5. The number of ether oxygens (including phenoxy) is 2. The highest BCUT2D eigenvalue weighted by molar-refractivity contribution is 5.93. The molecule has 0 radical (unpaired) electrons. The van der Waals surface area contributed by atoms with Crippen LogP contribution in [-0.4, -0.2) is 43.4 Å². The summed E-state index contributed by atoms with van der Waals surface area (Å²) >= 11 is 0. The fraction of sp³-hybridized carbons (Fsp3) is 0.421. The first-order chi connectivity index (χ1) is 12.6. The Morgan fingerprint density at radius 1 is 1.15 bits per heavy atom. The minimum Gasteiger partial charge on any atom is -0.497 e. The summed E-state index contributed by atoms with van der Waals surface area (Å²) in [5, 5.41) is 11.3. The minimum absolute atomic E-state index is 0.00919. The van der Waals surface area contributed by atoms with Crippen molar-refractivity contribution < 1.29 is 14.3 Å². The van der Waals surface area contributed by atoms with Crippen LogP contribution < -0.4 is 19.7 Å². The lowest BCUT2D eigenvalue weighted by molar-refractivity contribution is -0.120. The standard InChI is InChI=1S/C19H24N4O3/c1-13-6-7-18(22-21-13)23-8-4-5-14(12-23)19(24)20-15-9-16(25-2)11-17(10-15)26-3/h6-7,9-11,14H,4-5,8,12H2,1-3H3,(H,20,24). The quantitative estimate of drug-likeness (QED) is 0.888. The highest BCUT2D eigenvalue weighted by atomic mass is 16.5. The maximum atomic E-state index is 12.7. The molecule has 7 heteroatoms. The fourth-order valence-electron chi connectivity index (χ4n) is 3.08. The van der Waals surface area contributed by atoms with Crippen LogP contribution in [-0.2, 0) is 4.79 Å². The summed E-state index contributed by atoms with van der Waals surface area (Å²) in [6, 6.07) is 9.23. The number of hydrogen-bond donors (Lipinski definition) is 1. The minimum atomic E-state index is -0.107. The monoisotopic (exact) mass is 356 g/mol. The zero-order valence-corrected chi connectivity index (χ0v) is 15.4. The number of hydrogen-bond acceptors (Lipinski definition) is 6. The molecule has 2 aromatic rings. The molecule has 7 nitrogen and oxygen atoms in total. The van der Waals surface area contributed by atoms with Gasteiger partial charge in [-0.25, -0.2) is 0 Å². The molecule has 138 valence electrons. The van der Waals surface area contributed by atoms with E-state index in [1.54, 1.807) is 32.4 Å². The van der Waals surface area contributed by atoms with Crippen LogP contribution in [0.3, 0.4) is 0 Å². The maximum absolute atomic E-state index is 12.7. The number of benzene rings is 1. The Bertz CT molecular complexity index is 742. The molecule has 2 heterocycles. The van der Waals surface area contributed by atoms with Crippen molar-refractivity contribution in [2.24, 2.45) is 5.92 Å². The second kappa shape index (κ2) is 8.03. The van der Waals surface area contributed by atoms with Crippen LogP contribution in [0.4, 0.5) is 11.5 Å². The third-order valence-electron chi connectivity index (χ3n) is 4.52. The van der Waals surface area contributed by atoms with Gasteiger partial charge < -0.3 is 19.7 Å². The van der Waals surface area contributed by atoms with Crippen LogP contribution in [0.25, 0.3) is 0 Å². The van der Waals surface area contributed by atoms with Gasteiger partial charge in [0.05, 0.1) is 25.8 Å². The van der Waals surface area contributed by atoms with Crippen molar-refractivity contribution in [3.63, 3.8) is 0 Å². The SMILES string of the molecule is COc1cc(NC(=O)C2CCCN(c3ccc(C)nn3)C2)cc(OC)c1. The lowest BCUT2D eigenvalue weighted by atomic mass is 9.97. The molecule has 26 heavy (non-hydrogen) atoms. The molecular formula is C19H24N4O3. The van der Waals surface area contributed by atoms with Gasteiger partial charge in [0.25, 0.3) is 0 Å². The van der Waals surface area contributed by atoms with Gasteiger partial charge in [0.2, 0.25) is 5.91 Å². The number of anilines is 2. The Labute approximate surface area is 153 Å². The van der Waals surface area contributed by atoms with Gasteiger partial charge in [-0.05, 0) is 31.9 Å². The van der Waals surface area contributed by atoms with E-state index in [1.165, 1.54) is 0 Å². The number of piperidine rings is 1. The maximum Gasteiger partial charge on any atom is 0.229 e. The van der Waals surface area contributed by atoms with E-state index < -0.39 is 0 Å². The Balaban J connectivity index is 1.68. The van der Waals surface area contributed by atoms with E-state index >= 15 is 0 Å². The van der Waals surface area contributed by atoms with Crippen molar-refractivity contribution in [2.75, 3.05) is 37.5 Å². The number of amides is 1. The van der Waals surface area contributed by atoms with E-state index in [9.17, 15) is 4.79 Å². The predicted octanol–water partition coefficient (Wildman–Crippen LogP) is 2.66. The van der Waals surface area contributed by atoms with Gasteiger partial charge in [0.15, 0.2) is 5.82 Å². The first-order valence-corrected chi connectivity index (χ1v) is 8.68. The lowest BCUT2D eigenvalue weighted by Crippen LogP contribution is -2.41. The number of carbonyl (C=O) groups is 1. The van der Waals surface area contributed by atoms with E-state index in [0.29, 0.717) is 23.7 Å². The molecule has 0 bridgehead atoms. The molecule has 1 aromatic carbocycles. The van der Waals surface area contributed by atoms with Gasteiger partial charge in [-0.2, -0.15) is 5.10 Å². The van der Waals surface area contributed by atoms with Crippen LogP contribution in [0.15, 0.2) is 30.3 Å². The van der Waals surface area contributed by atoms with Crippen molar-refractivity contribution in [1.82, 2.24) is 10.2 Å². The van der Waals surface area contributed by atoms with Gasteiger partial charge in [0, 0.05) is 37.0 Å². The van der Waals surface area contributed by atoms with E-state index in [-0.39, 0.29) is 11.8 Å². The number of carbonyl (C=O) groups excluding carboxylic acids is 1. The third-order valence-corrected chi connectivity index (χ3v) is 4.52. The van der Waals surface area contributed by atoms with Gasteiger partial charge >= 0.3 is 0 Å². The Kier molecular flexibility index (Phi) is 5.55. The van der Waals surface area contributed by atoms with Crippen LogP contribution in [0.2, 0.25) is 0 Å². The summed E-state index contributed by atoms with van der Waals surface area (Å²) in [5.41, 5.74) is 1.55. The van der Waals surface area contributed by atoms with Gasteiger partial charge in [0.1, 0.15) is 11.5 Å². The molecule has 0 saturated carbocycles. The highest BCUT2D eigenvalue weighted by Gasteiger charge is 2.27. The van der Waals surface area contributed by atoms with Crippen molar-refractivity contribution in [3.8, 4) is 11.5 Å². The number of nitrogens with one attached hydrogen (secondary N) is 1. The zero-order valence-electron chi connectivity index (χ0n) is 15.4. The fourth-order valence-corrected chi connectivity index (χ4v) is 3.08. The second-order valence-corrected chi connectivity index (χ2v) is 6.41. The number of rotatable bonds is 5. The summed E-state index contributed by atoms with van der Waals surface area (Å²) in [6.45, 7) is 3.42. The molecule has 1 aliphatic heterocycles. The average Bonchev–Trinajstić information content (AvgIpc) is 2.68. The Morgan fingerprint density at radius 3 is 2.50 bits per heavy atom. The number of aryl methyl sites for hydroxylation is 1. The number of nitrogens with zero attached hydrogens (tertiary/aromatic N) is 3. The van der Waals surface area contributed by atoms with Crippen LogP contribution >= 0.6 is 0 Å². The van der Waals surface area contributed by atoms with Gasteiger partial charge in [-0.15, -0.1) is 5.10 Å². The van der Waals surface area contributed by atoms with Crippen molar-refractivity contribution in [2.45, 2.75) is 19.8 Å². The highest BCUT2D eigenvalue weighted by Crippen LogP contribution is 2.27. The Hall–Kier alpha value is -2.83. The van der Waals surface area contributed by atoms with E-state index in [0.717, 1.165) is 30.9 Å². The largest absolute Gasteiger partial charge is 0.497 e. The Morgan fingerprint density at radius 2 is 1.88 bits per heavy atom. The molecular weight excluding hydrogens is 332 g/mol. The summed E-state index contributed by atoms with van der Waals surface area (Å²) in [6.07, 6.45) is 1.79. The molecule has 1 saturated heterocycles. The van der Waals surface area contributed by atoms with E-state index in [2.05, 4.69) is 20.4 Å². The number of methoxy groups -OCH3 is 2. The third kappa shape index (κ3) is 4.22. The van der Waals surface area contributed by atoms with Crippen molar-refractivity contribution in [1.29, 1.82) is 0 Å². The van der Waals surface area contributed by atoms with E-state index in [4.69, 9.17) is 9.47 Å². The molecule has 1 unspecified atom stereocenters. The molecule has 1 atom stereocenters. The number of aromatic nitrogens is 2. The topological polar surface area (TPSA) is 76.6 Å². The zero-order chi connectivity index (χ0) is 18.5. The lowest BCUT2D eigenvalue weighted by Gasteiger charge is -2.32. The van der Waals surface area contributed by atoms with Gasteiger partial charge in [-0.3, -0.25) is 4.79 Å². The normalized spacial score (nSPS) is 16.9. The smallest absolute Gasteiger partial charge is 0.229 e. The second-order valence-electron chi connectivity index (χ2n) is 6.41. The molecule has 1 aromatic heterocycles. The molecule has 0 aliphatic carbocycles. The molecule has 1 N–H and O–H groups in total. The van der Waals surface area contributed by atoms with Crippen molar-refractivity contribution in [3.05, 3.63) is 36.0 Å². The first kappa shape index (κ1) is 18.0. The van der Waals surface area contributed by atoms with E-state index in [1.807, 2.05) is 19.1 Å². The van der Waals surface area contributed by atoms with Crippen LogP contribution in [0.1, 0.15) is 18.5 Å². The van der Waals surface area contributed by atoms with Gasteiger partial charge in [-0.1, -0.05) is 0 Å². The molecule has 0 spiro atoms.